The first-order valence-electron chi connectivity index (χ1n) is 6.70. The van der Waals surface area contributed by atoms with Gasteiger partial charge in [0.15, 0.2) is 0 Å². The molecule has 2 rings (SSSR count). The van der Waals surface area contributed by atoms with E-state index >= 15 is 0 Å². The van der Waals surface area contributed by atoms with Crippen molar-refractivity contribution >= 4 is 6.16 Å². The summed E-state index contributed by atoms with van der Waals surface area (Å²) in [5.41, 5.74) is 2.57. The monoisotopic (exact) mass is 248 g/mol. The first-order valence-corrected chi connectivity index (χ1v) is 6.70. The van der Waals surface area contributed by atoms with Crippen LogP contribution >= 0.6 is 0 Å². The Morgan fingerprint density at radius 1 is 1.28 bits per heavy atom. The Labute approximate surface area is 108 Å². The lowest BCUT2D eigenvalue weighted by Gasteiger charge is -2.22. The maximum absolute atomic E-state index is 10.3. The van der Waals surface area contributed by atoms with E-state index in [0.29, 0.717) is 12.3 Å². The second-order valence-electron chi connectivity index (χ2n) is 4.94. The maximum Gasteiger partial charge on any atom is 0.505 e. The molecule has 0 spiro atoms. The molecule has 0 bridgehead atoms. The van der Waals surface area contributed by atoms with Gasteiger partial charge in [0, 0.05) is 6.42 Å². The van der Waals surface area contributed by atoms with Crippen LogP contribution in [0.15, 0.2) is 24.3 Å². The minimum Gasteiger partial charge on any atom is -0.450 e. The van der Waals surface area contributed by atoms with Crippen molar-refractivity contribution in [3.8, 4) is 0 Å². The molecular weight excluding hydrogens is 228 g/mol. The Kier molecular flexibility index (Phi) is 4.62. The van der Waals surface area contributed by atoms with E-state index in [9.17, 15) is 4.79 Å². The third-order valence-corrected chi connectivity index (χ3v) is 3.64. The van der Waals surface area contributed by atoms with Crippen molar-refractivity contribution in [1.29, 1.82) is 0 Å². The van der Waals surface area contributed by atoms with E-state index in [1.807, 2.05) is 6.07 Å². The fourth-order valence-corrected chi connectivity index (χ4v) is 2.69. The predicted octanol–water partition coefficient (Wildman–Crippen LogP) is 3.97. The van der Waals surface area contributed by atoms with Crippen molar-refractivity contribution in [2.75, 3.05) is 6.61 Å². The van der Waals surface area contributed by atoms with Gasteiger partial charge in [-0.2, -0.15) is 0 Å². The fourth-order valence-electron chi connectivity index (χ4n) is 2.69. The highest BCUT2D eigenvalue weighted by atomic mass is 16.7. The van der Waals surface area contributed by atoms with Crippen LogP contribution in [0.2, 0.25) is 0 Å². The lowest BCUT2D eigenvalue weighted by Crippen LogP contribution is -2.07. The van der Waals surface area contributed by atoms with E-state index in [1.165, 1.54) is 43.2 Å². The first kappa shape index (κ1) is 12.9. The summed E-state index contributed by atoms with van der Waals surface area (Å²) >= 11 is 0. The molecular formula is C15H20O3. The number of hydrogen-bond acceptors (Lipinski definition) is 2. The summed E-state index contributed by atoms with van der Waals surface area (Å²) in [6, 6.07) is 8.51. The molecule has 1 N–H and O–H groups in total. The van der Waals surface area contributed by atoms with Crippen molar-refractivity contribution in [2.45, 2.75) is 44.4 Å². The van der Waals surface area contributed by atoms with E-state index in [0.717, 1.165) is 0 Å². The van der Waals surface area contributed by atoms with Gasteiger partial charge in [0.25, 0.3) is 0 Å². The van der Waals surface area contributed by atoms with Gasteiger partial charge >= 0.3 is 6.16 Å². The van der Waals surface area contributed by atoms with Gasteiger partial charge in [-0.25, -0.2) is 4.79 Å². The van der Waals surface area contributed by atoms with Crippen LogP contribution in [0.25, 0.3) is 0 Å². The molecule has 1 fully saturated rings. The Balaban J connectivity index is 1.93. The van der Waals surface area contributed by atoms with Crippen LogP contribution in [-0.4, -0.2) is 17.9 Å². The Morgan fingerprint density at radius 3 is 2.78 bits per heavy atom. The van der Waals surface area contributed by atoms with Gasteiger partial charge in [-0.05, 0) is 29.9 Å². The summed E-state index contributed by atoms with van der Waals surface area (Å²) in [5.74, 6) is 0.694. The third kappa shape index (κ3) is 3.76. The molecule has 1 aliphatic carbocycles. The Bertz CT molecular complexity index is 394. The summed E-state index contributed by atoms with van der Waals surface area (Å²) in [6.45, 7) is 0.240. The predicted molar refractivity (Wildman–Crippen MR) is 69.9 cm³/mol. The highest BCUT2D eigenvalue weighted by Crippen LogP contribution is 2.32. The molecule has 1 aromatic rings. The van der Waals surface area contributed by atoms with Gasteiger partial charge in [0.1, 0.15) is 0 Å². The van der Waals surface area contributed by atoms with Crippen molar-refractivity contribution in [2.24, 2.45) is 0 Å². The molecule has 0 amide bonds. The van der Waals surface area contributed by atoms with Gasteiger partial charge < -0.3 is 9.84 Å². The molecule has 0 heterocycles. The number of ether oxygens (including phenoxy) is 1. The molecule has 0 saturated heterocycles. The van der Waals surface area contributed by atoms with Crippen LogP contribution in [-0.2, 0) is 11.2 Å². The standard InChI is InChI=1S/C15H20O3/c16-15(17)18-10-9-12-5-4-8-14(11-12)13-6-2-1-3-7-13/h4-5,8,11,13H,1-3,6-7,9-10H2,(H,16,17). The fraction of sp³-hybridized carbons (Fsp3) is 0.533. The molecule has 18 heavy (non-hydrogen) atoms. The van der Waals surface area contributed by atoms with Crippen molar-refractivity contribution in [3.05, 3.63) is 35.4 Å². The summed E-state index contributed by atoms with van der Waals surface area (Å²) in [4.78, 5) is 10.3. The molecule has 98 valence electrons. The van der Waals surface area contributed by atoms with Crippen LogP contribution in [0.5, 0.6) is 0 Å². The average Bonchev–Trinajstić information content (AvgIpc) is 2.40. The zero-order valence-electron chi connectivity index (χ0n) is 10.6. The molecule has 0 atom stereocenters. The SMILES string of the molecule is O=C(O)OCCc1cccc(C2CCCCC2)c1. The van der Waals surface area contributed by atoms with Gasteiger partial charge in [-0.15, -0.1) is 0 Å². The second kappa shape index (κ2) is 6.43. The first-order chi connectivity index (χ1) is 8.75. The minimum absolute atomic E-state index is 0.240. The molecule has 1 aromatic carbocycles. The van der Waals surface area contributed by atoms with Crippen LogP contribution in [0.1, 0.15) is 49.1 Å². The van der Waals surface area contributed by atoms with Crippen LogP contribution < -0.4 is 0 Å². The zero-order chi connectivity index (χ0) is 12.8. The van der Waals surface area contributed by atoms with E-state index in [4.69, 9.17) is 5.11 Å². The zero-order valence-corrected chi connectivity index (χ0v) is 10.6. The van der Waals surface area contributed by atoms with E-state index in [2.05, 4.69) is 22.9 Å². The number of hydrogen-bond donors (Lipinski definition) is 1. The topological polar surface area (TPSA) is 46.5 Å². The summed E-state index contributed by atoms with van der Waals surface area (Å²) < 4.78 is 4.55. The number of benzene rings is 1. The lowest BCUT2D eigenvalue weighted by molar-refractivity contribution is 0.0927. The Morgan fingerprint density at radius 2 is 2.06 bits per heavy atom. The van der Waals surface area contributed by atoms with Crippen LogP contribution in [0, 0.1) is 0 Å². The summed E-state index contributed by atoms with van der Waals surface area (Å²) in [7, 11) is 0. The molecule has 3 nitrogen and oxygen atoms in total. The van der Waals surface area contributed by atoms with Crippen molar-refractivity contribution in [3.63, 3.8) is 0 Å². The normalized spacial score (nSPS) is 16.4. The van der Waals surface area contributed by atoms with E-state index < -0.39 is 6.16 Å². The molecule has 0 aromatic heterocycles. The van der Waals surface area contributed by atoms with Crippen LogP contribution in [0.3, 0.4) is 0 Å². The quantitative estimate of drug-likeness (QED) is 0.820. The third-order valence-electron chi connectivity index (χ3n) is 3.64. The van der Waals surface area contributed by atoms with Crippen molar-refractivity contribution < 1.29 is 14.6 Å². The number of carboxylic acid groups (broad SMARTS) is 1. The highest BCUT2D eigenvalue weighted by Gasteiger charge is 2.15. The molecule has 1 saturated carbocycles. The van der Waals surface area contributed by atoms with E-state index in [1.54, 1.807) is 0 Å². The second-order valence-corrected chi connectivity index (χ2v) is 4.94. The smallest absolute Gasteiger partial charge is 0.450 e. The Hall–Kier alpha value is -1.51. The van der Waals surface area contributed by atoms with Gasteiger partial charge in [0.2, 0.25) is 0 Å². The number of carbonyl (C=O) groups is 1. The lowest BCUT2D eigenvalue weighted by atomic mass is 9.83. The van der Waals surface area contributed by atoms with Gasteiger partial charge in [0.05, 0.1) is 6.61 Å². The van der Waals surface area contributed by atoms with Crippen molar-refractivity contribution in [1.82, 2.24) is 0 Å². The number of rotatable bonds is 4. The minimum atomic E-state index is -1.20. The van der Waals surface area contributed by atoms with Crippen LogP contribution in [0.4, 0.5) is 4.79 Å². The largest absolute Gasteiger partial charge is 0.505 e. The highest BCUT2D eigenvalue weighted by molar-refractivity contribution is 5.56. The molecule has 0 aliphatic heterocycles. The average molecular weight is 248 g/mol. The van der Waals surface area contributed by atoms with E-state index in [-0.39, 0.29) is 6.61 Å². The molecule has 3 heteroatoms. The molecule has 0 unspecified atom stereocenters. The molecule has 1 aliphatic rings. The van der Waals surface area contributed by atoms with Gasteiger partial charge in [-0.3, -0.25) is 0 Å². The molecule has 0 radical (unpaired) electrons. The summed E-state index contributed by atoms with van der Waals surface area (Å²) in [5, 5.41) is 8.43. The summed E-state index contributed by atoms with van der Waals surface area (Å²) in [6.07, 6.45) is 6.06. The van der Waals surface area contributed by atoms with Gasteiger partial charge in [-0.1, -0.05) is 43.5 Å². The maximum atomic E-state index is 10.3.